The van der Waals surface area contributed by atoms with Crippen LogP contribution in [-0.2, 0) is 17.6 Å². The molecule has 0 spiro atoms. The Morgan fingerprint density at radius 2 is 1.08 bits per heavy atom. The van der Waals surface area contributed by atoms with Crippen LogP contribution in [0.3, 0.4) is 0 Å². The molecule has 7 heteroatoms. The minimum atomic E-state index is -0.679. The third-order valence-electron chi connectivity index (χ3n) is 9.14. The lowest BCUT2D eigenvalue weighted by atomic mass is 9.90. The molecule has 0 aliphatic heterocycles. The van der Waals surface area contributed by atoms with E-state index in [1.807, 2.05) is 18.2 Å². The van der Waals surface area contributed by atoms with Gasteiger partial charge in [-0.1, -0.05) is 104 Å². The summed E-state index contributed by atoms with van der Waals surface area (Å²) in [5.41, 5.74) is 11.7. The largest absolute Gasteiger partial charge is 0.508 e. The second-order valence-electron chi connectivity index (χ2n) is 13.4. The number of hydrogen-bond acceptors (Lipinski definition) is 6. The average molecular weight is 722 g/mol. The molecule has 3 unspecified atom stereocenters. The quantitative estimate of drug-likeness (QED) is 0.0960. The van der Waals surface area contributed by atoms with E-state index in [4.69, 9.17) is 10.8 Å². The molecule has 0 saturated carbocycles. The van der Waals surface area contributed by atoms with Gasteiger partial charge in [0.15, 0.2) is 0 Å². The van der Waals surface area contributed by atoms with Gasteiger partial charge in [0.05, 0.1) is 12.2 Å². The average Bonchev–Trinajstić information content (AvgIpc) is 3.13. The minimum Gasteiger partial charge on any atom is -0.508 e. The van der Waals surface area contributed by atoms with Gasteiger partial charge in [0.2, 0.25) is 0 Å². The molecule has 0 radical (unpaired) electrons. The number of aliphatic hydroxyl groups is 2. The van der Waals surface area contributed by atoms with Crippen LogP contribution in [0.15, 0.2) is 121 Å². The Labute approximate surface area is 314 Å². The Kier molecular flexibility index (Phi) is 16.3. The molecular weight excluding hydrogens is 670 g/mol. The number of fused-ring (bicyclic) bond motifs is 2. The number of aromatic hydroxyl groups is 2. The van der Waals surface area contributed by atoms with Gasteiger partial charge in [0.1, 0.15) is 17.3 Å². The maximum atomic E-state index is 11.1. The van der Waals surface area contributed by atoms with Crippen LogP contribution in [0.5, 0.6) is 11.5 Å². The third-order valence-corrected chi connectivity index (χ3v) is 9.14. The number of aryl methyl sites for hydroxylation is 2. The van der Waals surface area contributed by atoms with Gasteiger partial charge in [-0.25, -0.2) is 0 Å². The maximum Gasteiger partial charge on any atom is 0.134 e. The number of Topliss-reactive ketones (excluding diaryl/α,β-unsaturated/α-hetero) is 1. The molecule has 0 fully saturated rings. The zero-order chi connectivity index (χ0) is 36.9. The highest BCUT2D eigenvalue weighted by molar-refractivity contribution is 5.92. The fraction of sp³-hybridized carbons (Fsp3) is 0.267. The van der Waals surface area contributed by atoms with Gasteiger partial charge in [0.25, 0.3) is 0 Å². The summed E-state index contributed by atoms with van der Waals surface area (Å²) in [6, 6.07) is 38.7. The van der Waals surface area contributed by atoms with E-state index in [1.165, 1.54) is 44.3 Å². The molecular formula is C45H52ClNO5. The number of hydrogen-bond donors (Lipinski definition) is 5. The van der Waals surface area contributed by atoms with Gasteiger partial charge in [0, 0.05) is 13.0 Å². The van der Waals surface area contributed by atoms with Crippen molar-refractivity contribution in [3.05, 3.63) is 155 Å². The zero-order valence-corrected chi connectivity index (χ0v) is 31.3. The second kappa shape index (κ2) is 20.4. The maximum absolute atomic E-state index is 11.1. The monoisotopic (exact) mass is 721 g/mol. The zero-order valence-electron chi connectivity index (χ0n) is 30.5. The number of nitrogens with two attached hydrogens (primary N) is 1. The lowest BCUT2D eigenvalue weighted by Crippen LogP contribution is -2.11. The lowest BCUT2D eigenvalue weighted by molar-refractivity contribution is -0.116. The topological polar surface area (TPSA) is 124 Å². The van der Waals surface area contributed by atoms with Crippen molar-refractivity contribution in [3.63, 3.8) is 0 Å². The fourth-order valence-electron chi connectivity index (χ4n) is 6.31. The van der Waals surface area contributed by atoms with Gasteiger partial charge < -0.3 is 26.2 Å². The predicted molar refractivity (Wildman–Crippen MR) is 216 cm³/mol. The summed E-state index contributed by atoms with van der Waals surface area (Å²) in [6.07, 6.45) is 1.98. The van der Waals surface area contributed by atoms with Crippen molar-refractivity contribution in [2.75, 3.05) is 6.54 Å². The number of phenolic OH excluding ortho intramolecular Hbond substituents is 2. The first-order valence-electron chi connectivity index (χ1n) is 17.5. The number of carbonyl (C=O) groups excluding carboxylic acids is 1. The molecule has 52 heavy (non-hydrogen) atoms. The summed E-state index contributed by atoms with van der Waals surface area (Å²) < 4.78 is 0. The number of halogens is 1. The number of phenols is 2. The predicted octanol–water partition coefficient (Wildman–Crippen LogP) is 9.63. The van der Waals surface area contributed by atoms with E-state index in [2.05, 4.69) is 81.4 Å². The molecule has 274 valence electrons. The Morgan fingerprint density at radius 3 is 1.56 bits per heavy atom. The second-order valence-corrected chi connectivity index (χ2v) is 13.4. The van der Waals surface area contributed by atoms with Crippen LogP contribution in [0.25, 0.3) is 21.5 Å². The van der Waals surface area contributed by atoms with Gasteiger partial charge in [-0.2, -0.15) is 0 Å². The summed E-state index contributed by atoms with van der Waals surface area (Å²) in [6.45, 7) is 8.29. The van der Waals surface area contributed by atoms with Crippen LogP contribution >= 0.6 is 12.4 Å². The van der Waals surface area contributed by atoms with E-state index < -0.39 is 12.2 Å². The van der Waals surface area contributed by atoms with Crippen LogP contribution in [0.1, 0.15) is 72.3 Å². The Hall–Kier alpha value is -4.72. The molecule has 6 aromatic rings. The van der Waals surface area contributed by atoms with Gasteiger partial charge in [-0.15, -0.1) is 12.4 Å². The van der Waals surface area contributed by atoms with Gasteiger partial charge in [-0.05, 0) is 125 Å². The highest BCUT2D eigenvalue weighted by Gasteiger charge is 2.13. The smallest absolute Gasteiger partial charge is 0.134 e. The van der Waals surface area contributed by atoms with Gasteiger partial charge >= 0.3 is 0 Å². The standard InChI is InChI=1S/C23H26O2.C14H14O.C8H11NO2.ClH/c1-16(10-13-23(25)19-6-5-7-20(24)15-19)14-18-12-11-17(2)21-8-3-4-9-22(18)21;1-10-7-8-12(9-11(2)15)14-6-4-3-5-13(10)14;9-5-8(11)6-2-1-3-7(10)4-6;/h3-9,11-12,15-16,23-25H,10,13-14H2,1-2H3;3-8H,9H2,1-2H3;1-4,8,10-11H,5,9H2;1H. The van der Waals surface area contributed by atoms with Crippen LogP contribution in [0, 0.1) is 19.8 Å². The Bertz CT molecular complexity index is 2040. The first-order chi connectivity index (χ1) is 24.5. The third kappa shape index (κ3) is 11.9. The van der Waals surface area contributed by atoms with Crippen molar-refractivity contribution in [1.82, 2.24) is 0 Å². The molecule has 0 aromatic heterocycles. The van der Waals surface area contributed by atoms with E-state index in [0.717, 1.165) is 24.0 Å². The molecule has 0 heterocycles. The van der Waals surface area contributed by atoms with Crippen molar-refractivity contribution in [3.8, 4) is 11.5 Å². The van der Waals surface area contributed by atoms with Crippen LogP contribution < -0.4 is 5.73 Å². The van der Waals surface area contributed by atoms with Crippen molar-refractivity contribution in [2.45, 2.75) is 65.6 Å². The summed E-state index contributed by atoms with van der Waals surface area (Å²) in [5, 5.41) is 43.2. The SMILES string of the molecule is CC(=O)Cc1ccc(C)c2ccccc12.Cc1ccc(CC(C)CCC(O)c2cccc(O)c2)c2ccccc12.Cl.NCC(O)c1cccc(O)c1. The summed E-state index contributed by atoms with van der Waals surface area (Å²) in [7, 11) is 0. The van der Waals surface area contributed by atoms with Crippen molar-refractivity contribution in [2.24, 2.45) is 11.7 Å². The number of aliphatic hydroxyl groups excluding tert-OH is 2. The first-order valence-corrected chi connectivity index (χ1v) is 17.5. The molecule has 6 aromatic carbocycles. The van der Waals surface area contributed by atoms with Gasteiger partial charge in [-0.3, -0.25) is 4.79 Å². The summed E-state index contributed by atoms with van der Waals surface area (Å²) in [5.74, 6) is 1.05. The van der Waals surface area contributed by atoms with E-state index in [-0.39, 0.29) is 36.2 Å². The molecule has 3 atom stereocenters. The van der Waals surface area contributed by atoms with Crippen LogP contribution in [0.4, 0.5) is 0 Å². The number of rotatable bonds is 10. The molecule has 0 bridgehead atoms. The summed E-state index contributed by atoms with van der Waals surface area (Å²) in [4.78, 5) is 11.1. The highest BCUT2D eigenvalue weighted by atomic mass is 35.5. The minimum absolute atomic E-state index is 0. The lowest BCUT2D eigenvalue weighted by Gasteiger charge is -2.17. The van der Waals surface area contributed by atoms with E-state index in [0.29, 0.717) is 24.3 Å². The molecule has 6 rings (SSSR count). The first kappa shape index (κ1) is 41.7. The molecule has 0 aliphatic rings. The highest BCUT2D eigenvalue weighted by Crippen LogP contribution is 2.28. The van der Waals surface area contributed by atoms with Crippen molar-refractivity contribution >= 4 is 39.7 Å². The summed E-state index contributed by atoms with van der Waals surface area (Å²) >= 11 is 0. The molecule has 0 aliphatic carbocycles. The van der Waals surface area contributed by atoms with E-state index >= 15 is 0 Å². The number of carbonyl (C=O) groups is 1. The molecule has 6 nitrogen and oxygen atoms in total. The van der Waals surface area contributed by atoms with Crippen molar-refractivity contribution < 1.29 is 25.2 Å². The number of ketones is 1. The molecule has 0 amide bonds. The number of benzene rings is 6. The Balaban J connectivity index is 0.000000230. The normalized spacial score (nSPS) is 12.4. The fourth-order valence-corrected chi connectivity index (χ4v) is 6.31. The van der Waals surface area contributed by atoms with Crippen molar-refractivity contribution in [1.29, 1.82) is 0 Å². The Morgan fingerprint density at radius 1 is 0.615 bits per heavy atom. The van der Waals surface area contributed by atoms with Crippen LogP contribution in [-0.4, -0.2) is 32.8 Å². The van der Waals surface area contributed by atoms with Crippen LogP contribution in [0.2, 0.25) is 0 Å². The van der Waals surface area contributed by atoms with E-state index in [9.17, 15) is 20.1 Å². The molecule has 6 N–H and O–H groups in total. The molecule has 0 saturated heterocycles. The van der Waals surface area contributed by atoms with E-state index in [1.54, 1.807) is 43.3 Å².